The van der Waals surface area contributed by atoms with Crippen LogP contribution in [0.1, 0.15) is 12.0 Å². The van der Waals surface area contributed by atoms with E-state index in [4.69, 9.17) is 11.6 Å². The zero-order valence-electron chi connectivity index (χ0n) is 9.41. The average molecular weight is 238 g/mol. The number of aromatic nitrogens is 1. The summed E-state index contributed by atoms with van der Waals surface area (Å²) in [6.07, 6.45) is 3.20. The molecular formula is C12H16ClN3. The van der Waals surface area contributed by atoms with Crippen LogP contribution < -0.4 is 10.2 Å². The average Bonchev–Trinajstić information content (AvgIpc) is 2.25. The van der Waals surface area contributed by atoms with Crippen molar-refractivity contribution in [2.45, 2.75) is 19.4 Å². The third-order valence-electron chi connectivity index (χ3n) is 3.75. The van der Waals surface area contributed by atoms with E-state index in [-0.39, 0.29) is 0 Å². The molecule has 3 rings (SSSR count). The smallest absolute Gasteiger partial charge is 0.132 e. The van der Waals surface area contributed by atoms with E-state index in [0.29, 0.717) is 11.2 Å². The molecule has 86 valence electrons. The third-order valence-corrected chi connectivity index (χ3v) is 4.15. The molecule has 0 aromatic carbocycles. The van der Waals surface area contributed by atoms with Gasteiger partial charge >= 0.3 is 0 Å². The summed E-state index contributed by atoms with van der Waals surface area (Å²) in [6, 6.07) is 2.80. The first kappa shape index (κ1) is 10.4. The number of fused-ring (bicyclic) bond motifs is 1. The number of halogens is 1. The first-order valence-electron chi connectivity index (χ1n) is 5.85. The van der Waals surface area contributed by atoms with Crippen LogP contribution in [-0.4, -0.2) is 30.7 Å². The Kier molecular flexibility index (Phi) is 2.52. The molecule has 0 unspecified atom stereocenters. The van der Waals surface area contributed by atoms with Gasteiger partial charge in [-0.15, -0.1) is 0 Å². The number of hydrogen-bond donors (Lipinski definition) is 1. The lowest BCUT2D eigenvalue weighted by Crippen LogP contribution is -2.63. The van der Waals surface area contributed by atoms with Gasteiger partial charge in [-0.3, -0.25) is 0 Å². The maximum absolute atomic E-state index is 5.94. The molecule has 4 heteroatoms. The largest absolute Gasteiger partial charge is 0.365 e. The molecule has 2 fully saturated rings. The molecule has 3 nitrogen and oxygen atoms in total. The predicted octanol–water partition coefficient (Wildman–Crippen LogP) is 1.84. The first-order valence-corrected chi connectivity index (χ1v) is 6.23. The van der Waals surface area contributed by atoms with Gasteiger partial charge in [0.2, 0.25) is 0 Å². The minimum atomic E-state index is 0.614. The monoisotopic (exact) mass is 237 g/mol. The van der Waals surface area contributed by atoms with Crippen LogP contribution in [0.25, 0.3) is 0 Å². The maximum Gasteiger partial charge on any atom is 0.132 e. The van der Waals surface area contributed by atoms with Crippen molar-refractivity contribution in [2.24, 2.45) is 5.92 Å². The van der Waals surface area contributed by atoms with Crippen molar-refractivity contribution in [3.8, 4) is 0 Å². The number of hydrogen-bond acceptors (Lipinski definition) is 3. The van der Waals surface area contributed by atoms with Crippen molar-refractivity contribution in [2.75, 3.05) is 24.5 Å². The van der Waals surface area contributed by atoms with E-state index in [1.807, 2.05) is 13.1 Å². The predicted molar refractivity (Wildman–Crippen MR) is 66.1 cm³/mol. The minimum absolute atomic E-state index is 0.614. The van der Waals surface area contributed by atoms with Crippen molar-refractivity contribution in [3.63, 3.8) is 0 Å². The molecule has 3 heterocycles. The van der Waals surface area contributed by atoms with Gasteiger partial charge in [-0.2, -0.15) is 0 Å². The summed E-state index contributed by atoms with van der Waals surface area (Å²) in [5, 5.41) is 4.07. The highest BCUT2D eigenvalue weighted by Crippen LogP contribution is 2.34. The molecule has 2 aliphatic heterocycles. The Morgan fingerprint density at radius 3 is 3.19 bits per heavy atom. The molecule has 2 saturated heterocycles. The molecule has 0 spiro atoms. The number of piperidine rings is 1. The summed E-state index contributed by atoms with van der Waals surface area (Å²) in [7, 11) is 0. The van der Waals surface area contributed by atoms with Crippen LogP contribution in [-0.2, 0) is 0 Å². The topological polar surface area (TPSA) is 28.2 Å². The summed E-state index contributed by atoms with van der Waals surface area (Å²) in [5.41, 5.74) is 2.28. The van der Waals surface area contributed by atoms with E-state index >= 15 is 0 Å². The quantitative estimate of drug-likeness (QED) is 0.756. The van der Waals surface area contributed by atoms with Crippen LogP contribution in [0, 0.1) is 12.8 Å². The second-order valence-electron chi connectivity index (χ2n) is 4.77. The molecule has 1 aromatic heterocycles. The molecule has 0 aliphatic carbocycles. The lowest BCUT2D eigenvalue weighted by atomic mass is 9.83. The number of nitrogens with zero attached hydrogens (tertiary/aromatic N) is 2. The fraction of sp³-hybridized carbons (Fsp3) is 0.583. The lowest BCUT2D eigenvalue weighted by Gasteiger charge is -2.52. The number of nitrogens with one attached hydrogen (secondary N) is 1. The van der Waals surface area contributed by atoms with Crippen LogP contribution in [0.3, 0.4) is 0 Å². The van der Waals surface area contributed by atoms with Crippen LogP contribution >= 0.6 is 11.6 Å². The highest BCUT2D eigenvalue weighted by atomic mass is 35.5. The van der Waals surface area contributed by atoms with E-state index in [9.17, 15) is 0 Å². The Balaban J connectivity index is 1.80. The highest BCUT2D eigenvalue weighted by Gasteiger charge is 2.40. The Hall–Kier alpha value is -0.800. The number of aryl methyl sites for hydroxylation is 1. The molecule has 2 aliphatic rings. The summed E-state index contributed by atoms with van der Waals surface area (Å²) in [4.78, 5) is 6.66. The van der Waals surface area contributed by atoms with Crippen molar-refractivity contribution in [1.29, 1.82) is 0 Å². The van der Waals surface area contributed by atoms with Gasteiger partial charge in [0.1, 0.15) is 5.15 Å². The molecule has 0 bridgehead atoms. The van der Waals surface area contributed by atoms with E-state index in [2.05, 4.69) is 21.3 Å². The standard InChI is InChI=1S/C12H16ClN3/c1-8-4-10(5-15-12(8)13)16-7-9-2-3-14-6-11(9)16/h4-5,9,11,14H,2-3,6-7H2,1H3/t9-,11-/m1/s1. The molecule has 1 N–H and O–H groups in total. The zero-order chi connectivity index (χ0) is 11.1. The molecule has 0 radical (unpaired) electrons. The van der Waals surface area contributed by atoms with Gasteiger partial charge in [0.05, 0.1) is 11.9 Å². The molecule has 1 aromatic rings. The molecular weight excluding hydrogens is 222 g/mol. The van der Waals surface area contributed by atoms with E-state index < -0.39 is 0 Å². The van der Waals surface area contributed by atoms with Gasteiger partial charge < -0.3 is 10.2 Å². The normalized spacial score (nSPS) is 28.5. The number of anilines is 1. The van der Waals surface area contributed by atoms with Gasteiger partial charge in [-0.1, -0.05) is 11.6 Å². The highest BCUT2D eigenvalue weighted by molar-refractivity contribution is 6.30. The Bertz CT molecular complexity index is 407. The van der Waals surface area contributed by atoms with Crippen LogP contribution in [0.5, 0.6) is 0 Å². The lowest BCUT2D eigenvalue weighted by molar-refractivity contribution is 0.229. The molecule has 0 saturated carbocycles. The fourth-order valence-corrected chi connectivity index (χ4v) is 2.82. The van der Waals surface area contributed by atoms with Crippen molar-refractivity contribution in [3.05, 3.63) is 23.0 Å². The van der Waals surface area contributed by atoms with Gasteiger partial charge in [-0.05, 0) is 37.4 Å². The Morgan fingerprint density at radius 1 is 1.56 bits per heavy atom. The summed E-state index contributed by atoms with van der Waals surface area (Å²) in [6.45, 7) is 5.46. The van der Waals surface area contributed by atoms with Crippen molar-refractivity contribution >= 4 is 17.3 Å². The van der Waals surface area contributed by atoms with E-state index in [1.165, 1.54) is 25.2 Å². The van der Waals surface area contributed by atoms with Gasteiger partial charge in [-0.25, -0.2) is 4.98 Å². The second-order valence-corrected chi connectivity index (χ2v) is 5.13. The maximum atomic E-state index is 5.94. The van der Waals surface area contributed by atoms with E-state index in [0.717, 1.165) is 18.0 Å². The van der Waals surface area contributed by atoms with Gasteiger partial charge in [0, 0.05) is 19.1 Å². The Morgan fingerprint density at radius 2 is 2.44 bits per heavy atom. The number of rotatable bonds is 1. The number of pyridine rings is 1. The molecule has 16 heavy (non-hydrogen) atoms. The summed E-state index contributed by atoms with van der Waals surface area (Å²) < 4.78 is 0. The first-order chi connectivity index (χ1) is 7.75. The summed E-state index contributed by atoms with van der Waals surface area (Å²) in [5.74, 6) is 0.872. The van der Waals surface area contributed by atoms with Gasteiger partial charge in [0.15, 0.2) is 0 Å². The van der Waals surface area contributed by atoms with Crippen LogP contribution in [0.4, 0.5) is 5.69 Å². The summed E-state index contributed by atoms with van der Waals surface area (Å²) >= 11 is 5.94. The molecule has 2 atom stereocenters. The minimum Gasteiger partial charge on any atom is -0.365 e. The van der Waals surface area contributed by atoms with Gasteiger partial charge in [0.25, 0.3) is 0 Å². The fourth-order valence-electron chi connectivity index (χ4n) is 2.72. The molecule has 0 amide bonds. The zero-order valence-corrected chi connectivity index (χ0v) is 10.2. The van der Waals surface area contributed by atoms with Crippen LogP contribution in [0.2, 0.25) is 5.15 Å². The second kappa shape index (κ2) is 3.90. The third kappa shape index (κ3) is 1.59. The van der Waals surface area contributed by atoms with E-state index in [1.54, 1.807) is 0 Å². The van der Waals surface area contributed by atoms with Crippen molar-refractivity contribution in [1.82, 2.24) is 10.3 Å². The SMILES string of the molecule is Cc1cc(N2C[C@H]3CCNC[C@H]32)cnc1Cl. The van der Waals surface area contributed by atoms with Crippen molar-refractivity contribution < 1.29 is 0 Å². The van der Waals surface area contributed by atoms with Crippen LogP contribution in [0.15, 0.2) is 12.3 Å². The Labute approximate surface area is 101 Å².